The monoisotopic (exact) mass is 507 g/mol. The van der Waals surface area contributed by atoms with Crippen LogP contribution in [0.25, 0.3) is 10.2 Å². The van der Waals surface area contributed by atoms with Crippen LogP contribution in [0.3, 0.4) is 0 Å². The van der Waals surface area contributed by atoms with Gasteiger partial charge in [-0.05, 0) is 68.4 Å². The van der Waals surface area contributed by atoms with Crippen molar-refractivity contribution in [3.63, 3.8) is 0 Å². The van der Waals surface area contributed by atoms with Gasteiger partial charge in [-0.3, -0.25) is 9.69 Å². The molecule has 0 bridgehead atoms. The molecule has 0 fully saturated rings. The van der Waals surface area contributed by atoms with Gasteiger partial charge in [0.1, 0.15) is 0 Å². The molecule has 0 unspecified atom stereocenters. The van der Waals surface area contributed by atoms with E-state index < -0.39 is 9.84 Å². The van der Waals surface area contributed by atoms with Crippen molar-refractivity contribution in [1.82, 2.24) is 9.88 Å². The van der Waals surface area contributed by atoms with Crippen LogP contribution in [-0.2, 0) is 14.6 Å². The van der Waals surface area contributed by atoms with Gasteiger partial charge in [-0.2, -0.15) is 0 Å². The van der Waals surface area contributed by atoms with Gasteiger partial charge in [-0.15, -0.1) is 0 Å². The van der Waals surface area contributed by atoms with E-state index in [0.29, 0.717) is 16.7 Å². The third kappa shape index (κ3) is 6.76. The normalized spacial score (nSPS) is 11.9. The number of rotatable bonds is 11. The molecule has 0 aliphatic heterocycles. The predicted octanol–water partition coefficient (Wildman–Crippen LogP) is 5.19. The number of thiazole rings is 1. The van der Waals surface area contributed by atoms with Gasteiger partial charge in [0.05, 0.1) is 20.9 Å². The number of hydrogen-bond acceptors (Lipinski definition) is 6. The Morgan fingerprint density at radius 1 is 1.06 bits per heavy atom. The van der Waals surface area contributed by atoms with E-state index in [0.717, 1.165) is 35.4 Å². The summed E-state index contributed by atoms with van der Waals surface area (Å²) < 4.78 is 26.3. The second kappa shape index (κ2) is 11.4. The molecule has 0 spiro atoms. The highest BCUT2D eigenvalue weighted by Crippen LogP contribution is 2.30. The smallest absolute Gasteiger partial charge is 0.228 e. The van der Waals surface area contributed by atoms with Gasteiger partial charge in [0.25, 0.3) is 0 Å². The Balaban J connectivity index is 1.73. The van der Waals surface area contributed by atoms with Crippen LogP contribution in [0.4, 0.5) is 5.13 Å². The summed E-state index contributed by atoms with van der Waals surface area (Å²) in [6, 6.07) is 12.2. The number of amides is 1. The third-order valence-corrected chi connectivity index (χ3v) is 8.68. The Bertz CT molecular complexity index is 1190. The largest absolute Gasteiger partial charge is 0.302 e. The van der Waals surface area contributed by atoms with Crippen molar-refractivity contribution in [2.75, 3.05) is 36.8 Å². The van der Waals surface area contributed by atoms with Gasteiger partial charge in [0.2, 0.25) is 5.91 Å². The zero-order valence-electron chi connectivity index (χ0n) is 19.3. The summed E-state index contributed by atoms with van der Waals surface area (Å²) in [5.74, 6) is -0.201. The molecule has 0 saturated heterocycles. The van der Waals surface area contributed by atoms with Crippen LogP contribution in [-0.4, -0.2) is 56.1 Å². The maximum Gasteiger partial charge on any atom is 0.228 e. The number of aromatic nitrogens is 1. The number of halogens is 1. The summed E-state index contributed by atoms with van der Waals surface area (Å²) in [6.07, 6.45) is 0.385. The second-order valence-electron chi connectivity index (χ2n) is 7.92. The van der Waals surface area contributed by atoms with Crippen molar-refractivity contribution < 1.29 is 13.2 Å². The molecule has 3 aromatic rings. The lowest BCUT2D eigenvalue weighted by Gasteiger charge is -2.24. The number of nitrogens with zero attached hydrogens (tertiary/aromatic N) is 3. The maximum absolute atomic E-state index is 13.2. The van der Waals surface area contributed by atoms with Crippen LogP contribution in [0, 0.1) is 6.92 Å². The van der Waals surface area contributed by atoms with E-state index >= 15 is 0 Å². The minimum Gasteiger partial charge on any atom is -0.302 e. The number of fused-ring (bicyclic) bond motifs is 1. The highest BCUT2D eigenvalue weighted by Gasteiger charge is 2.22. The van der Waals surface area contributed by atoms with E-state index in [9.17, 15) is 13.2 Å². The molecule has 1 heterocycles. The first-order valence-corrected chi connectivity index (χ1v) is 14.0. The molecule has 178 valence electrons. The second-order valence-corrected chi connectivity index (χ2v) is 11.5. The van der Waals surface area contributed by atoms with Crippen molar-refractivity contribution in [2.24, 2.45) is 0 Å². The summed E-state index contributed by atoms with van der Waals surface area (Å²) in [5, 5.41) is 1.15. The molecule has 0 aliphatic rings. The van der Waals surface area contributed by atoms with Crippen molar-refractivity contribution in [1.29, 1.82) is 0 Å². The minimum absolute atomic E-state index is 0.0940. The van der Waals surface area contributed by atoms with E-state index in [1.165, 1.54) is 23.5 Å². The quantitative estimate of drug-likeness (QED) is 0.357. The van der Waals surface area contributed by atoms with Crippen LogP contribution in [0.2, 0.25) is 5.02 Å². The van der Waals surface area contributed by atoms with E-state index in [4.69, 9.17) is 16.6 Å². The fourth-order valence-electron chi connectivity index (χ4n) is 3.55. The average Bonchev–Trinajstić information content (AvgIpc) is 3.19. The summed E-state index contributed by atoms with van der Waals surface area (Å²) in [7, 11) is -3.47. The lowest BCUT2D eigenvalue weighted by Crippen LogP contribution is -2.38. The van der Waals surface area contributed by atoms with Crippen LogP contribution in [0.5, 0.6) is 0 Å². The Morgan fingerprint density at radius 2 is 1.76 bits per heavy atom. The third-order valence-electron chi connectivity index (χ3n) is 5.58. The molecular formula is C24H30ClN3O3S2. The number of likely N-dealkylation sites (N-methyl/N-ethyl adjacent to an activating group) is 1. The van der Waals surface area contributed by atoms with Crippen molar-refractivity contribution >= 4 is 54.0 Å². The van der Waals surface area contributed by atoms with E-state index in [1.54, 1.807) is 17.0 Å². The summed E-state index contributed by atoms with van der Waals surface area (Å²) in [6.45, 7) is 9.27. The van der Waals surface area contributed by atoms with Crippen LogP contribution >= 0.6 is 22.9 Å². The van der Waals surface area contributed by atoms with Gasteiger partial charge in [-0.25, -0.2) is 13.4 Å². The first kappa shape index (κ1) is 25.6. The van der Waals surface area contributed by atoms with Crippen molar-refractivity contribution in [3.05, 3.63) is 53.1 Å². The van der Waals surface area contributed by atoms with Crippen LogP contribution < -0.4 is 4.90 Å². The van der Waals surface area contributed by atoms with Crippen molar-refractivity contribution in [3.8, 4) is 0 Å². The van der Waals surface area contributed by atoms with E-state index in [1.807, 2.05) is 19.1 Å². The van der Waals surface area contributed by atoms with Gasteiger partial charge in [-0.1, -0.05) is 42.9 Å². The summed E-state index contributed by atoms with van der Waals surface area (Å²) in [5.41, 5.74) is 2.01. The van der Waals surface area contributed by atoms with Gasteiger partial charge >= 0.3 is 0 Å². The number of aryl methyl sites for hydroxylation is 1. The SMILES string of the molecule is CCN(CC)CCN(C(=O)CCCS(=O)(=O)c1ccc(Cl)cc1)c1nc2ccc(C)cc2s1. The molecule has 0 atom stereocenters. The number of carbonyl (C=O) groups is 1. The Labute approximate surface area is 205 Å². The Hall–Kier alpha value is -2.00. The minimum atomic E-state index is -3.47. The molecule has 0 N–H and O–H groups in total. The van der Waals surface area contributed by atoms with Gasteiger partial charge in [0, 0.05) is 24.5 Å². The highest BCUT2D eigenvalue weighted by molar-refractivity contribution is 7.91. The molecule has 33 heavy (non-hydrogen) atoms. The molecule has 0 saturated carbocycles. The first-order valence-electron chi connectivity index (χ1n) is 11.1. The lowest BCUT2D eigenvalue weighted by atomic mass is 10.2. The number of benzene rings is 2. The molecular weight excluding hydrogens is 478 g/mol. The molecule has 2 aromatic carbocycles. The number of hydrogen-bond donors (Lipinski definition) is 0. The Morgan fingerprint density at radius 3 is 2.42 bits per heavy atom. The van der Waals surface area contributed by atoms with Gasteiger partial charge < -0.3 is 4.90 Å². The predicted molar refractivity (Wildman–Crippen MR) is 137 cm³/mol. The molecule has 1 amide bonds. The van der Waals surface area contributed by atoms with Gasteiger partial charge in [0.15, 0.2) is 15.0 Å². The fourth-order valence-corrected chi connectivity index (χ4v) is 6.10. The highest BCUT2D eigenvalue weighted by atomic mass is 35.5. The zero-order valence-corrected chi connectivity index (χ0v) is 21.6. The Kier molecular flexibility index (Phi) is 8.87. The average molecular weight is 508 g/mol. The number of sulfone groups is 1. The van der Waals surface area contributed by atoms with Crippen LogP contribution in [0.1, 0.15) is 32.3 Å². The van der Waals surface area contributed by atoms with Crippen molar-refractivity contribution in [2.45, 2.75) is 38.5 Å². The fraction of sp³-hybridized carbons (Fsp3) is 0.417. The summed E-state index contributed by atoms with van der Waals surface area (Å²) >= 11 is 7.35. The van der Waals surface area contributed by atoms with E-state index in [2.05, 4.69) is 24.8 Å². The number of anilines is 1. The zero-order chi connectivity index (χ0) is 24.0. The number of carbonyl (C=O) groups excluding carboxylic acids is 1. The molecule has 3 rings (SSSR count). The maximum atomic E-state index is 13.2. The molecule has 0 radical (unpaired) electrons. The topological polar surface area (TPSA) is 70.6 Å². The first-order chi connectivity index (χ1) is 15.7. The summed E-state index contributed by atoms with van der Waals surface area (Å²) in [4.78, 5) is 22.1. The molecule has 1 aromatic heterocycles. The standard InChI is InChI=1S/C24H30ClN3O3S2/c1-4-27(5-2)14-15-28(24-26-21-13-8-18(3)17-22(21)32-24)23(29)7-6-16-33(30,31)20-11-9-19(25)10-12-20/h8-13,17H,4-7,14-16H2,1-3H3. The molecule has 6 nitrogen and oxygen atoms in total. The van der Waals surface area contributed by atoms with Crippen LogP contribution in [0.15, 0.2) is 47.4 Å². The van der Waals surface area contributed by atoms with E-state index in [-0.39, 0.29) is 29.4 Å². The molecule has 9 heteroatoms. The lowest BCUT2D eigenvalue weighted by molar-refractivity contribution is -0.118. The molecule has 0 aliphatic carbocycles.